The van der Waals surface area contributed by atoms with E-state index in [1.165, 1.54) is 11.3 Å². The molecule has 1 aromatic carbocycles. The van der Waals surface area contributed by atoms with Crippen molar-refractivity contribution in [3.63, 3.8) is 0 Å². The first-order valence-corrected chi connectivity index (χ1v) is 6.17. The Morgan fingerprint density at radius 1 is 1.06 bits per heavy atom. The molecule has 0 spiro atoms. The number of thiophene rings is 1. The van der Waals surface area contributed by atoms with Gasteiger partial charge in [-0.15, -0.1) is 0 Å². The van der Waals surface area contributed by atoms with Gasteiger partial charge in [-0.2, -0.15) is 11.3 Å². The summed E-state index contributed by atoms with van der Waals surface area (Å²) in [6, 6.07) is 10.5. The van der Waals surface area contributed by atoms with Crippen molar-refractivity contribution in [1.82, 2.24) is 0 Å². The lowest BCUT2D eigenvalue weighted by Gasteiger charge is -2.15. The molecule has 0 aliphatic heterocycles. The van der Waals surface area contributed by atoms with E-state index in [2.05, 4.69) is 46.0 Å². The van der Waals surface area contributed by atoms with Crippen LogP contribution in [0.4, 0.5) is 5.69 Å². The molecule has 2 N–H and O–H groups in total. The summed E-state index contributed by atoms with van der Waals surface area (Å²) in [4.78, 5) is 2.08. The molecule has 0 radical (unpaired) electrons. The predicted molar refractivity (Wildman–Crippen MR) is 71.1 cm³/mol. The first kappa shape index (κ1) is 11.2. The van der Waals surface area contributed by atoms with Gasteiger partial charge in [-0.3, -0.25) is 0 Å². The van der Waals surface area contributed by atoms with Crippen LogP contribution in [0, 0.1) is 0 Å². The van der Waals surface area contributed by atoms with Gasteiger partial charge in [-0.25, -0.2) is 0 Å². The van der Waals surface area contributed by atoms with Crippen LogP contribution < -0.4 is 10.6 Å². The molecule has 1 unspecified atom stereocenters. The van der Waals surface area contributed by atoms with Gasteiger partial charge in [0.25, 0.3) is 0 Å². The first-order chi connectivity index (χ1) is 7.68. The summed E-state index contributed by atoms with van der Waals surface area (Å²) < 4.78 is 0. The van der Waals surface area contributed by atoms with Crippen LogP contribution in [0.3, 0.4) is 0 Å². The smallest absolute Gasteiger partial charge is 0.0559 e. The Kier molecular flexibility index (Phi) is 3.27. The van der Waals surface area contributed by atoms with E-state index >= 15 is 0 Å². The summed E-state index contributed by atoms with van der Waals surface area (Å²) in [6.07, 6.45) is 0. The van der Waals surface area contributed by atoms with E-state index in [-0.39, 0.29) is 6.04 Å². The standard InChI is InChI=1S/C13H16N2S/c1-15(2)12-5-3-10(4-6-12)13(14)11-7-8-16-9-11/h3-9,13H,14H2,1-2H3. The highest BCUT2D eigenvalue weighted by Gasteiger charge is 2.08. The maximum atomic E-state index is 6.18. The Morgan fingerprint density at radius 3 is 2.25 bits per heavy atom. The fourth-order valence-corrected chi connectivity index (χ4v) is 2.32. The molecule has 84 valence electrons. The van der Waals surface area contributed by atoms with Gasteiger partial charge < -0.3 is 10.6 Å². The van der Waals surface area contributed by atoms with Crippen LogP contribution in [0.1, 0.15) is 17.2 Å². The highest BCUT2D eigenvalue weighted by Crippen LogP contribution is 2.23. The van der Waals surface area contributed by atoms with Crippen molar-refractivity contribution in [2.45, 2.75) is 6.04 Å². The third kappa shape index (κ3) is 2.26. The monoisotopic (exact) mass is 232 g/mol. The Hall–Kier alpha value is -1.32. The molecule has 0 aliphatic rings. The second kappa shape index (κ2) is 4.68. The third-order valence-electron chi connectivity index (χ3n) is 2.67. The normalized spacial score (nSPS) is 12.4. The Bertz CT molecular complexity index is 431. The molecular weight excluding hydrogens is 216 g/mol. The van der Waals surface area contributed by atoms with Crippen molar-refractivity contribution in [3.8, 4) is 0 Å². The SMILES string of the molecule is CN(C)c1ccc(C(N)c2ccsc2)cc1. The zero-order valence-corrected chi connectivity index (χ0v) is 10.4. The Morgan fingerprint density at radius 2 is 1.75 bits per heavy atom. The lowest BCUT2D eigenvalue weighted by molar-refractivity contribution is 0.876. The number of nitrogens with two attached hydrogens (primary N) is 1. The molecule has 0 fully saturated rings. The summed E-state index contributed by atoms with van der Waals surface area (Å²) in [5.41, 5.74) is 9.72. The highest BCUT2D eigenvalue weighted by molar-refractivity contribution is 7.08. The van der Waals surface area contributed by atoms with Gasteiger partial charge in [0, 0.05) is 19.8 Å². The minimum Gasteiger partial charge on any atom is -0.378 e. The zero-order chi connectivity index (χ0) is 11.5. The third-order valence-corrected chi connectivity index (χ3v) is 3.37. The van der Waals surface area contributed by atoms with Crippen LogP contribution in [0.2, 0.25) is 0 Å². The summed E-state index contributed by atoms with van der Waals surface area (Å²) in [5, 5.41) is 4.16. The van der Waals surface area contributed by atoms with Crippen molar-refractivity contribution in [2.75, 3.05) is 19.0 Å². The Balaban J connectivity index is 2.22. The molecule has 1 atom stereocenters. The number of hydrogen-bond donors (Lipinski definition) is 1. The molecule has 0 aliphatic carbocycles. The molecule has 0 saturated heterocycles. The van der Waals surface area contributed by atoms with Crippen molar-refractivity contribution in [3.05, 3.63) is 52.2 Å². The quantitative estimate of drug-likeness (QED) is 0.881. The number of benzene rings is 1. The van der Waals surface area contributed by atoms with Crippen LogP contribution in [0.25, 0.3) is 0 Å². The van der Waals surface area contributed by atoms with Crippen molar-refractivity contribution in [1.29, 1.82) is 0 Å². The molecule has 0 bridgehead atoms. The number of rotatable bonds is 3. The minimum atomic E-state index is -0.0116. The number of hydrogen-bond acceptors (Lipinski definition) is 3. The van der Waals surface area contributed by atoms with E-state index in [1.54, 1.807) is 11.3 Å². The van der Waals surface area contributed by atoms with Gasteiger partial charge in [0.2, 0.25) is 0 Å². The molecule has 1 aromatic heterocycles. The molecule has 0 amide bonds. The molecule has 16 heavy (non-hydrogen) atoms. The Labute approximate surface area is 100 Å². The van der Waals surface area contributed by atoms with Crippen molar-refractivity contribution in [2.24, 2.45) is 5.73 Å². The van der Waals surface area contributed by atoms with Crippen LogP contribution in [-0.2, 0) is 0 Å². The molecule has 2 rings (SSSR count). The molecule has 3 heteroatoms. The van der Waals surface area contributed by atoms with E-state index in [1.807, 2.05) is 14.1 Å². The highest BCUT2D eigenvalue weighted by atomic mass is 32.1. The summed E-state index contributed by atoms with van der Waals surface area (Å²) in [5.74, 6) is 0. The van der Waals surface area contributed by atoms with Gasteiger partial charge in [-0.05, 0) is 40.1 Å². The van der Waals surface area contributed by atoms with Crippen LogP contribution in [-0.4, -0.2) is 14.1 Å². The maximum absolute atomic E-state index is 6.18. The lowest BCUT2D eigenvalue weighted by atomic mass is 10.0. The number of nitrogens with zero attached hydrogens (tertiary/aromatic N) is 1. The second-order valence-corrected chi connectivity index (χ2v) is 4.80. The molecular formula is C13H16N2S. The van der Waals surface area contributed by atoms with E-state index in [9.17, 15) is 0 Å². The van der Waals surface area contributed by atoms with Crippen LogP contribution >= 0.6 is 11.3 Å². The summed E-state index contributed by atoms with van der Waals surface area (Å²) in [7, 11) is 4.07. The van der Waals surface area contributed by atoms with E-state index in [0.717, 1.165) is 5.56 Å². The zero-order valence-electron chi connectivity index (χ0n) is 9.55. The fourth-order valence-electron chi connectivity index (χ4n) is 1.62. The average Bonchev–Trinajstić information content (AvgIpc) is 2.81. The maximum Gasteiger partial charge on any atom is 0.0559 e. The summed E-state index contributed by atoms with van der Waals surface area (Å²) >= 11 is 1.68. The average molecular weight is 232 g/mol. The van der Waals surface area contributed by atoms with Gasteiger partial charge in [-0.1, -0.05) is 12.1 Å². The lowest BCUT2D eigenvalue weighted by Crippen LogP contribution is -2.12. The summed E-state index contributed by atoms with van der Waals surface area (Å²) in [6.45, 7) is 0. The van der Waals surface area contributed by atoms with Gasteiger partial charge in [0.05, 0.1) is 6.04 Å². The van der Waals surface area contributed by atoms with E-state index in [0.29, 0.717) is 0 Å². The van der Waals surface area contributed by atoms with Gasteiger partial charge in [0.15, 0.2) is 0 Å². The molecule has 0 saturated carbocycles. The van der Waals surface area contributed by atoms with E-state index < -0.39 is 0 Å². The van der Waals surface area contributed by atoms with Crippen LogP contribution in [0.15, 0.2) is 41.1 Å². The van der Waals surface area contributed by atoms with E-state index in [4.69, 9.17) is 5.73 Å². The molecule has 1 heterocycles. The van der Waals surface area contributed by atoms with Gasteiger partial charge >= 0.3 is 0 Å². The van der Waals surface area contributed by atoms with Gasteiger partial charge in [0.1, 0.15) is 0 Å². The van der Waals surface area contributed by atoms with Crippen molar-refractivity contribution >= 4 is 17.0 Å². The topological polar surface area (TPSA) is 29.3 Å². The first-order valence-electron chi connectivity index (χ1n) is 5.23. The number of anilines is 1. The second-order valence-electron chi connectivity index (χ2n) is 4.02. The fraction of sp³-hybridized carbons (Fsp3) is 0.231. The minimum absolute atomic E-state index is 0.0116. The predicted octanol–water partition coefficient (Wildman–Crippen LogP) is 2.86. The van der Waals surface area contributed by atoms with Crippen molar-refractivity contribution < 1.29 is 0 Å². The molecule has 2 aromatic rings. The van der Waals surface area contributed by atoms with Crippen LogP contribution in [0.5, 0.6) is 0 Å². The molecule has 2 nitrogen and oxygen atoms in total. The largest absolute Gasteiger partial charge is 0.378 e.